The van der Waals surface area contributed by atoms with E-state index in [0.29, 0.717) is 19.3 Å². The number of aromatic amines is 1. The summed E-state index contributed by atoms with van der Waals surface area (Å²) in [5.41, 5.74) is 5.07. The number of aromatic nitrogens is 2. The van der Waals surface area contributed by atoms with E-state index in [4.69, 9.17) is 9.72 Å². The molecule has 0 saturated carbocycles. The first-order valence-electron chi connectivity index (χ1n) is 8.93. The molecule has 0 bridgehead atoms. The predicted octanol–water partition coefficient (Wildman–Crippen LogP) is 4.58. The summed E-state index contributed by atoms with van der Waals surface area (Å²) in [5.74, 6) is -0.0180. The van der Waals surface area contributed by atoms with Crippen LogP contribution in [-0.4, -0.2) is 22.9 Å². The molecule has 5 rings (SSSR count). The van der Waals surface area contributed by atoms with Crippen molar-refractivity contribution in [3.63, 3.8) is 0 Å². The second-order valence-corrected chi connectivity index (χ2v) is 6.87. The molecule has 4 nitrogen and oxygen atoms in total. The third-order valence-electron chi connectivity index (χ3n) is 5.26. The molecule has 0 spiro atoms. The number of carbonyl (C=O) groups is 1. The normalized spacial score (nSPS) is 13.5. The number of carbonyl (C=O) groups excluding carboxylic acids is 1. The van der Waals surface area contributed by atoms with Crippen molar-refractivity contribution in [3.8, 4) is 5.75 Å². The van der Waals surface area contributed by atoms with Crippen molar-refractivity contribution in [1.29, 1.82) is 0 Å². The molecule has 5 heteroatoms. The van der Waals surface area contributed by atoms with Crippen LogP contribution < -0.4 is 4.74 Å². The van der Waals surface area contributed by atoms with Gasteiger partial charge in [-0.15, -0.1) is 0 Å². The highest BCUT2D eigenvalue weighted by Crippen LogP contribution is 2.36. The van der Waals surface area contributed by atoms with E-state index in [1.807, 2.05) is 30.3 Å². The molecule has 1 aliphatic carbocycles. The third-order valence-corrected chi connectivity index (χ3v) is 5.26. The number of benzene rings is 2. The number of methoxy groups -OCH3 is 1. The van der Waals surface area contributed by atoms with Gasteiger partial charge in [-0.3, -0.25) is 9.78 Å². The van der Waals surface area contributed by atoms with Crippen LogP contribution in [0.2, 0.25) is 0 Å². The SMILES string of the molecule is COc1ccc(Cc2nc3c(c4c2[nH]c2ccccc24)C(=O)CC3)cc1F. The van der Waals surface area contributed by atoms with Crippen molar-refractivity contribution in [2.24, 2.45) is 0 Å². The average Bonchev–Trinajstić information content (AvgIpc) is 3.23. The van der Waals surface area contributed by atoms with Crippen LogP contribution in [0.4, 0.5) is 4.39 Å². The van der Waals surface area contributed by atoms with Crippen molar-refractivity contribution >= 4 is 27.6 Å². The number of para-hydroxylation sites is 1. The lowest BCUT2D eigenvalue weighted by atomic mass is 10.0. The summed E-state index contributed by atoms with van der Waals surface area (Å²) in [5, 5.41) is 1.98. The zero-order chi connectivity index (χ0) is 18.5. The highest BCUT2D eigenvalue weighted by atomic mass is 19.1. The predicted molar refractivity (Wildman–Crippen MR) is 102 cm³/mol. The van der Waals surface area contributed by atoms with Crippen LogP contribution in [0.15, 0.2) is 42.5 Å². The Morgan fingerprint density at radius 3 is 2.85 bits per heavy atom. The van der Waals surface area contributed by atoms with Crippen molar-refractivity contribution < 1.29 is 13.9 Å². The van der Waals surface area contributed by atoms with Gasteiger partial charge in [-0.05, 0) is 30.2 Å². The third kappa shape index (κ3) is 2.42. The Morgan fingerprint density at radius 1 is 1.19 bits per heavy atom. The van der Waals surface area contributed by atoms with Crippen molar-refractivity contribution in [2.75, 3.05) is 7.11 Å². The molecular formula is C22H17FN2O2. The first kappa shape index (κ1) is 16.0. The van der Waals surface area contributed by atoms with Crippen LogP contribution >= 0.6 is 0 Å². The van der Waals surface area contributed by atoms with Crippen LogP contribution in [0.1, 0.15) is 33.7 Å². The summed E-state index contributed by atoms with van der Waals surface area (Å²) in [7, 11) is 1.45. The standard InChI is InChI=1S/C22H17FN2O2/c1-27-19-9-6-12(10-14(19)23)11-17-22-20(13-4-2-3-5-15(13)25-22)21-16(24-17)7-8-18(21)26/h2-6,9-10,25H,7-8,11H2,1H3. The fraction of sp³-hybridized carbons (Fsp3) is 0.182. The minimum atomic E-state index is -0.390. The first-order valence-corrected chi connectivity index (χ1v) is 8.93. The molecule has 1 aliphatic rings. The molecule has 4 aromatic rings. The number of ether oxygens (including phenoxy) is 1. The van der Waals surface area contributed by atoms with Crippen LogP contribution in [-0.2, 0) is 12.8 Å². The highest BCUT2D eigenvalue weighted by molar-refractivity contribution is 6.20. The number of nitrogens with zero attached hydrogens (tertiary/aromatic N) is 1. The van der Waals surface area contributed by atoms with Crippen LogP contribution in [0, 0.1) is 5.82 Å². The molecule has 1 N–H and O–H groups in total. The number of halogens is 1. The number of ketones is 1. The molecule has 0 saturated heterocycles. The van der Waals surface area contributed by atoms with Crippen LogP contribution in [0.5, 0.6) is 5.75 Å². The maximum Gasteiger partial charge on any atom is 0.165 e. The Bertz CT molecular complexity index is 1230. The number of hydrogen-bond donors (Lipinski definition) is 1. The van der Waals surface area contributed by atoms with Gasteiger partial charge in [0.25, 0.3) is 0 Å². The van der Waals surface area contributed by atoms with Crippen LogP contribution in [0.3, 0.4) is 0 Å². The molecule has 2 aromatic heterocycles. The second kappa shape index (κ2) is 5.91. The molecule has 2 heterocycles. The molecule has 0 unspecified atom stereocenters. The molecule has 2 aromatic carbocycles. The Morgan fingerprint density at radius 2 is 2.04 bits per heavy atom. The van der Waals surface area contributed by atoms with Crippen molar-refractivity contribution in [2.45, 2.75) is 19.3 Å². The van der Waals surface area contributed by atoms with Crippen molar-refractivity contribution in [1.82, 2.24) is 9.97 Å². The monoisotopic (exact) mass is 360 g/mol. The summed E-state index contributed by atoms with van der Waals surface area (Å²) < 4.78 is 19.1. The van der Waals surface area contributed by atoms with Crippen LogP contribution in [0.25, 0.3) is 21.8 Å². The minimum absolute atomic E-state index is 0.147. The maximum absolute atomic E-state index is 14.1. The van der Waals surface area contributed by atoms with Gasteiger partial charge in [0.15, 0.2) is 17.3 Å². The van der Waals surface area contributed by atoms with E-state index in [2.05, 4.69) is 4.98 Å². The molecule has 0 radical (unpaired) electrons. The Hall–Kier alpha value is -3.21. The zero-order valence-corrected chi connectivity index (χ0v) is 14.8. The Balaban J connectivity index is 1.73. The summed E-state index contributed by atoms with van der Waals surface area (Å²) in [6, 6.07) is 12.9. The molecular weight excluding hydrogens is 343 g/mol. The van der Waals surface area contributed by atoms with E-state index >= 15 is 0 Å². The number of aryl methyl sites for hydroxylation is 1. The highest BCUT2D eigenvalue weighted by Gasteiger charge is 2.27. The fourth-order valence-corrected chi connectivity index (χ4v) is 4.02. The van der Waals surface area contributed by atoms with Gasteiger partial charge in [0.1, 0.15) is 0 Å². The van der Waals surface area contributed by atoms with E-state index in [-0.39, 0.29) is 17.3 Å². The first-order chi connectivity index (χ1) is 13.2. The van der Waals surface area contributed by atoms with Gasteiger partial charge in [-0.25, -0.2) is 4.39 Å². The van der Waals surface area contributed by atoms with E-state index in [1.54, 1.807) is 6.07 Å². The number of nitrogens with one attached hydrogen (secondary N) is 1. The van der Waals surface area contributed by atoms with E-state index in [9.17, 15) is 9.18 Å². The number of fused-ring (bicyclic) bond motifs is 5. The Kier molecular flexibility index (Phi) is 3.50. The fourth-order valence-electron chi connectivity index (χ4n) is 4.02. The summed E-state index contributed by atoms with van der Waals surface area (Å²) >= 11 is 0. The van der Waals surface area contributed by atoms with Gasteiger partial charge in [-0.1, -0.05) is 24.3 Å². The summed E-state index contributed by atoms with van der Waals surface area (Å²) in [6.07, 6.45) is 1.64. The van der Waals surface area contributed by atoms with E-state index in [1.165, 1.54) is 13.2 Å². The van der Waals surface area contributed by atoms with Gasteiger partial charge in [0.05, 0.1) is 24.0 Å². The zero-order valence-electron chi connectivity index (χ0n) is 14.8. The largest absolute Gasteiger partial charge is 0.494 e. The maximum atomic E-state index is 14.1. The molecule has 27 heavy (non-hydrogen) atoms. The number of pyridine rings is 1. The minimum Gasteiger partial charge on any atom is -0.494 e. The van der Waals surface area contributed by atoms with Gasteiger partial charge in [0, 0.05) is 34.7 Å². The van der Waals surface area contributed by atoms with Crippen molar-refractivity contribution in [3.05, 3.63) is 70.8 Å². The second-order valence-electron chi connectivity index (χ2n) is 6.87. The van der Waals surface area contributed by atoms with Gasteiger partial charge >= 0.3 is 0 Å². The molecule has 134 valence electrons. The lowest BCUT2D eigenvalue weighted by molar-refractivity contribution is 0.0996. The molecule has 0 aliphatic heterocycles. The smallest absolute Gasteiger partial charge is 0.165 e. The molecule has 0 amide bonds. The number of rotatable bonds is 3. The van der Waals surface area contributed by atoms with E-state index in [0.717, 1.165) is 44.3 Å². The molecule has 0 atom stereocenters. The van der Waals surface area contributed by atoms with E-state index < -0.39 is 0 Å². The Labute approximate surface area is 155 Å². The molecule has 0 fully saturated rings. The van der Waals surface area contributed by atoms with Gasteiger partial charge in [0.2, 0.25) is 0 Å². The van der Waals surface area contributed by atoms with Gasteiger partial charge < -0.3 is 9.72 Å². The lowest BCUT2D eigenvalue weighted by Crippen LogP contribution is -2.02. The number of hydrogen-bond acceptors (Lipinski definition) is 3. The topological polar surface area (TPSA) is 55.0 Å². The number of H-pyrrole nitrogens is 1. The number of Topliss-reactive ketones (excluding diaryl/α,β-unsaturated/α-hetero) is 1. The quantitative estimate of drug-likeness (QED) is 0.582. The summed E-state index contributed by atoms with van der Waals surface area (Å²) in [6.45, 7) is 0. The average molecular weight is 360 g/mol. The summed E-state index contributed by atoms with van der Waals surface area (Å²) in [4.78, 5) is 20.7. The van der Waals surface area contributed by atoms with Gasteiger partial charge in [-0.2, -0.15) is 0 Å². The lowest BCUT2D eigenvalue weighted by Gasteiger charge is -2.09.